The molecule has 3 rings (SSSR count). The van der Waals surface area contributed by atoms with Gasteiger partial charge in [-0.2, -0.15) is 0 Å². The Balaban J connectivity index is 1.96. The Kier molecular flexibility index (Phi) is 4.72. The highest BCUT2D eigenvalue weighted by molar-refractivity contribution is 5.98. The van der Waals surface area contributed by atoms with Crippen molar-refractivity contribution < 1.29 is 24.2 Å². The van der Waals surface area contributed by atoms with Crippen molar-refractivity contribution in [3.63, 3.8) is 0 Å². The summed E-state index contributed by atoms with van der Waals surface area (Å²) in [5.74, 6) is 0.225. The summed E-state index contributed by atoms with van der Waals surface area (Å²) in [6, 6.07) is 3.02. The van der Waals surface area contributed by atoms with Gasteiger partial charge in [-0.3, -0.25) is 5.32 Å². The van der Waals surface area contributed by atoms with Gasteiger partial charge in [0, 0.05) is 13.2 Å². The van der Waals surface area contributed by atoms with Crippen LogP contribution in [0.25, 0.3) is 22.7 Å². The minimum absolute atomic E-state index is 0.0253. The number of aromatic amines is 1. The maximum Gasteiger partial charge on any atom is 0.413 e. The van der Waals surface area contributed by atoms with Crippen LogP contribution in [0.5, 0.6) is 5.75 Å². The SMILES string of the molecule is COc1c(C(=O)O)ccc2nc(-c3nc(NC(=O)OC(C)(C)C)cn3C)[nH]c12. The lowest BCUT2D eigenvalue weighted by molar-refractivity contribution is 0.0633. The van der Waals surface area contributed by atoms with Gasteiger partial charge >= 0.3 is 12.1 Å². The largest absolute Gasteiger partial charge is 0.494 e. The van der Waals surface area contributed by atoms with Crippen molar-refractivity contribution in [2.24, 2.45) is 7.05 Å². The molecule has 1 amide bonds. The van der Waals surface area contributed by atoms with Crippen molar-refractivity contribution in [1.29, 1.82) is 0 Å². The van der Waals surface area contributed by atoms with E-state index in [9.17, 15) is 14.7 Å². The average Bonchev–Trinajstić information content (AvgIpc) is 3.14. The molecule has 0 aliphatic rings. The zero-order chi connectivity index (χ0) is 20.6. The number of carbonyl (C=O) groups excluding carboxylic acids is 1. The van der Waals surface area contributed by atoms with E-state index in [0.29, 0.717) is 28.5 Å². The molecule has 0 radical (unpaired) electrons. The van der Waals surface area contributed by atoms with E-state index in [1.54, 1.807) is 44.6 Å². The molecule has 0 fully saturated rings. The summed E-state index contributed by atoms with van der Waals surface area (Å²) in [6.07, 6.45) is 1.00. The maximum atomic E-state index is 11.9. The van der Waals surface area contributed by atoms with Gasteiger partial charge in [-0.1, -0.05) is 0 Å². The van der Waals surface area contributed by atoms with Crippen molar-refractivity contribution in [3.8, 4) is 17.4 Å². The number of carboxylic acid groups (broad SMARTS) is 1. The number of carbonyl (C=O) groups is 2. The molecule has 0 saturated heterocycles. The molecule has 10 nitrogen and oxygen atoms in total. The summed E-state index contributed by atoms with van der Waals surface area (Å²) >= 11 is 0. The summed E-state index contributed by atoms with van der Waals surface area (Å²) < 4.78 is 12.1. The number of aryl methyl sites for hydroxylation is 1. The number of nitrogens with zero attached hydrogens (tertiary/aromatic N) is 3. The molecule has 0 saturated carbocycles. The number of carboxylic acids is 1. The summed E-state index contributed by atoms with van der Waals surface area (Å²) in [7, 11) is 3.14. The second-order valence-electron chi connectivity index (χ2n) is 7.12. The highest BCUT2D eigenvalue weighted by Gasteiger charge is 2.21. The normalized spacial score (nSPS) is 11.5. The first kappa shape index (κ1) is 19.2. The fourth-order valence-corrected chi connectivity index (χ4v) is 2.69. The van der Waals surface area contributed by atoms with Gasteiger partial charge in [0.2, 0.25) is 0 Å². The van der Waals surface area contributed by atoms with E-state index in [4.69, 9.17) is 9.47 Å². The number of fused-ring (bicyclic) bond motifs is 1. The van der Waals surface area contributed by atoms with Gasteiger partial charge in [0.15, 0.2) is 23.2 Å². The third-order valence-corrected chi connectivity index (χ3v) is 3.76. The third-order valence-electron chi connectivity index (χ3n) is 3.76. The summed E-state index contributed by atoms with van der Waals surface area (Å²) in [5, 5.41) is 11.9. The standard InChI is InChI=1S/C18H21N5O5/c1-18(2,3)28-17(26)21-11-8-23(4)15(20-11)14-19-10-7-6-9(16(24)25)13(27-5)12(10)22-14/h6-8H,1-5H3,(H,19,22)(H,21,26)(H,24,25). The van der Waals surface area contributed by atoms with Crippen LogP contribution in [0, 0.1) is 0 Å². The van der Waals surface area contributed by atoms with E-state index in [1.165, 1.54) is 13.2 Å². The Morgan fingerprint density at radius 3 is 2.57 bits per heavy atom. The Bertz CT molecular complexity index is 1060. The smallest absolute Gasteiger partial charge is 0.413 e. The Morgan fingerprint density at radius 1 is 1.25 bits per heavy atom. The van der Waals surface area contributed by atoms with Crippen molar-refractivity contribution >= 4 is 28.9 Å². The highest BCUT2D eigenvalue weighted by atomic mass is 16.6. The molecule has 28 heavy (non-hydrogen) atoms. The second kappa shape index (κ2) is 6.87. The number of hydrogen-bond donors (Lipinski definition) is 3. The third kappa shape index (κ3) is 3.75. The molecule has 148 valence electrons. The molecule has 0 unspecified atom stereocenters. The predicted octanol–water partition coefficient (Wildman–Crippen LogP) is 3.02. The summed E-state index contributed by atoms with van der Waals surface area (Å²) in [4.78, 5) is 35.2. The van der Waals surface area contributed by atoms with Crippen molar-refractivity contribution in [2.45, 2.75) is 26.4 Å². The highest BCUT2D eigenvalue weighted by Crippen LogP contribution is 2.30. The zero-order valence-electron chi connectivity index (χ0n) is 16.2. The number of aromatic carboxylic acids is 1. The first-order valence-electron chi connectivity index (χ1n) is 8.43. The number of hydrogen-bond acceptors (Lipinski definition) is 6. The monoisotopic (exact) mass is 387 g/mol. The van der Waals surface area contributed by atoms with Crippen LogP contribution >= 0.6 is 0 Å². The van der Waals surface area contributed by atoms with Crippen LogP contribution < -0.4 is 10.1 Å². The van der Waals surface area contributed by atoms with Gasteiger partial charge in [-0.05, 0) is 32.9 Å². The number of benzene rings is 1. The fraction of sp³-hybridized carbons (Fsp3) is 0.333. The van der Waals surface area contributed by atoms with E-state index in [-0.39, 0.29) is 11.3 Å². The lowest BCUT2D eigenvalue weighted by atomic mass is 10.2. The first-order chi connectivity index (χ1) is 13.1. The van der Waals surface area contributed by atoms with Gasteiger partial charge in [0.05, 0.1) is 12.6 Å². The molecule has 0 aliphatic heterocycles. The average molecular weight is 387 g/mol. The Labute approximate surface area is 160 Å². The molecule has 1 aromatic carbocycles. The van der Waals surface area contributed by atoms with E-state index in [0.717, 1.165) is 0 Å². The van der Waals surface area contributed by atoms with Crippen LogP contribution in [0.2, 0.25) is 0 Å². The number of aromatic nitrogens is 4. The topological polar surface area (TPSA) is 131 Å². The number of amides is 1. The van der Waals surface area contributed by atoms with Crippen LogP contribution in [0.1, 0.15) is 31.1 Å². The fourth-order valence-electron chi connectivity index (χ4n) is 2.69. The predicted molar refractivity (Wildman–Crippen MR) is 102 cm³/mol. The molecule has 3 N–H and O–H groups in total. The van der Waals surface area contributed by atoms with Crippen LogP contribution in [-0.4, -0.2) is 49.4 Å². The minimum Gasteiger partial charge on any atom is -0.494 e. The van der Waals surface area contributed by atoms with E-state index >= 15 is 0 Å². The van der Waals surface area contributed by atoms with Crippen molar-refractivity contribution in [3.05, 3.63) is 23.9 Å². The summed E-state index contributed by atoms with van der Waals surface area (Å²) in [5.41, 5.74) is 0.375. The van der Waals surface area contributed by atoms with E-state index in [1.807, 2.05) is 0 Å². The molecular weight excluding hydrogens is 366 g/mol. The van der Waals surface area contributed by atoms with Gasteiger partial charge in [0.25, 0.3) is 0 Å². The van der Waals surface area contributed by atoms with Crippen LogP contribution in [0.3, 0.4) is 0 Å². The van der Waals surface area contributed by atoms with Crippen LogP contribution in [0.15, 0.2) is 18.3 Å². The number of anilines is 1. The first-order valence-corrected chi connectivity index (χ1v) is 8.43. The molecule has 2 aromatic heterocycles. The lowest BCUT2D eigenvalue weighted by Gasteiger charge is -2.18. The van der Waals surface area contributed by atoms with Gasteiger partial charge in [0.1, 0.15) is 16.7 Å². The lowest BCUT2D eigenvalue weighted by Crippen LogP contribution is -2.27. The number of imidazole rings is 2. The number of ether oxygens (including phenoxy) is 2. The van der Waals surface area contributed by atoms with Gasteiger partial charge in [-0.15, -0.1) is 0 Å². The summed E-state index contributed by atoms with van der Waals surface area (Å²) in [6.45, 7) is 5.30. The van der Waals surface area contributed by atoms with Crippen molar-refractivity contribution in [1.82, 2.24) is 19.5 Å². The molecule has 0 aliphatic carbocycles. The van der Waals surface area contributed by atoms with Crippen LogP contribution in [-0.2, 0) is 11.8 Å². The molecule has 0 atom stereocenters. The zero-order valence-corrected chi connectivity index (χ0v) is 16.2. The Morgan fingerprint density at radius 2 is 1.96 bits per heavy atom. The van der Waals surface area contributed by atoms with E-state index in [2.05, 4.69) is 20.3 Å². The number of nitrogens with one attached hydrogen (secondary N) is 2. The molecule has 0 bridgehead atoms. The van der Waals surface area contributed by atoms with E-state index < -0.39 is 17.7 Å². The van der Waals surface area contributed by atoms with Crippen molar-refractivity contribution in [2.75, 3.05) is 12.4 Å². The molecule has 0 spiro atoms. The maximum absolute atomic E-state index is 11.9. The molecule has 3 aromatic rings. The Hall–Kier alpha value is -3.56. The number of H-pyrrole nitrogens is 1. The molecule has 2 heterocycles. The second-order valence-corrected chi connectivity index (χ2v) is 7.12. The minimum atomic E-state index is -1.10. The van der Waals surface area contributed by atoms with Crippen LogP contribution in [0.4, 0.5) is 10.6 Å². The quantitative estimate of drug-likeness (QED) is 0.627. The molecular formula is C18H21N5O5. The number of methoxy groups -OCH3 is 1. The van der Waals surface area contributed by atoms with Gasteiger partial charge < -0.3 is 24.1 Å². The molecule has 10 heteroatoms. The van der Waals surface area contributed by atoms with Gasteiger partial charge in [-0.25, -0.2) is 19.6 Å². The number of rotatable bonds is 4.